The van der Waals surface area contributed by atoms with Crippen LogP contribution in [0.25, 0.3) is 0 Å². The van der Waals surface area contributed by atoms with Crippen LogP contribution in [-0.4, -0.2) is 29.9 Å². The van der Waals surface area contributed by atoms with Gasteiger partial charge in [-0.1, -0.05) is 31.9 Å². The Morgan fingerprint density at radius 3 is 2.68 bits per heavy atom. The van der Waals surface area contributed by atoms with Crippen molar-refractivity contribution < 1.29 is 19.1 Å². The van der Waals surface area contributed by atoms with Gasteiger partial charge in [0.15, 0.2) is 17.3 Å². The number of carbonyl (C=O) groups is 2. The summed E-state index contributed by atoms with van der Waals surface area (Å²) in [5.41, 5.74) is 2.81. The van der Waals surface area contributed by atoms with Crippen molar-refractivity contribution >= 4 is 11.7 Å². The first-order valence-corrected chi connectivity index (χ1v) is 10.4. The molecule has 2 aliphatic carbocycles. The number of likely N-dealkylation sites (tertiary alicyclic amines) is 1. The highest BCUT2D eigenvalue weighted by Crippen LogP contribution is 2.55. The van der Waals surface area contributed by atoms with E-state index in [4.69, 9.17) is 9.47 Å². The van der Waals surface area contributed by atoms with E-state index in [2.05, 4.69) is 19.1 Å². The number of Topliss-reactive ketones (excluding diaryl/α,β-unsaturated/α-hetero) is 1. The zero-order chi connectivity index (χ0) is 19.3. The number of nitrogens with zero attached hydrogens (tertiary/aromatic N) is 1. The number of fused-ring (bicyclic) bond motifs is 5. The Morgan fingerprint density at radius 2 is 1.86 bits per heavy atom. The van der Waals surface area contributed by atoms with E-state index in [0.717, 1.165) is 55.5 Å². The van der Waals surface area contributed by atoms with Gasteiger partial charge in [-0.05, 0) is 49.0 Å². The minimum absolute atomic E-state index is 0.0816. The fourth-order valence-electron chi connectivity index (χ4n) is 5.11. The summed E-state index contributed by atoms with van der Waals surface area (Å²) in [7, 11) is 0. The highest BCUT2D eigenvalue weighted by atomic mass is 16.7. The van der Waals surface area contributed by atoms with Crippen LogP contribution in [0.15, 0.2) is 35.6 Å². The maximum Gasteiger partial charge on any atom is 0.242 e. The summed E-state index contributed by atoms with van der Waals surface area (Å²) in [6.45, 7) is 3.07. The van der Waals surface area contributed by atoms with Gasteiger partial charge in [-0.3, -0.25) is 9.59 Å². The van der Waals surface area contributed by atoms with E-state index in [-0.39, 0.29) is 18.5 Å². The van der Waals surface area contributed by atoms with Gasteiger partial charge in [0.25, 0.3) is 0 Å². The number of ether oxygens (including phenoxy) is 2. The molecule has 0 bridgehead atoms. The highest BCUT2D eigenvalue weighted by Gasteiger charge is 2.57. The van der Waals surface area contributed by atoms with Gasteiger partial charge in [0.05, 0.1) is 0 Å². The molecule has 1 aromatic carbocycles. The molecule has 1 atom stereocenters. The third-order valence-electron chi connectivity index (χ3n) is 6.47. The summed E-state index contributed by atoms with van der Waals surface area (Å²) in [6.07, 6.45) is 10.5. The number of rotatable bonds is 4. The predicted octanol–water partition coefficient (Wildman–Crippen LogP) is 4.27. The van der Waals surface area contributed by atoms with E-state index in [0.29, 0.717) is 29.9 Å². The summed E-state index contributed by atoms with van der Waals surface area (Å²) in [5, 5.41) is 0. The molecule has 1 amide bonds. The second kappa shape index (κ2) is 6.50. The number of hydrogen-bond acceptors (Lipinski definition) is 4. The van der Waals surface area contributed by atoms with Crippen LogP contribution in [0.4, 0.5) is 0 Å². The van der Waals surface area contributed by atoms with E-state index in [1.54, 1.807) is 6.07 Å². The average molecular weight is 379 g/mol. The smallest absolute Gasteiger partial charge is 0.242 e. The lowest BCUT2D eigenvalue weighted by Crippen LogP contribution is -2.42. The average Bonchev–Trinajstić information content (AvgIpc) is 3.26. The van der Waals surface area contributed by atoms with E-state index in [9.17, 15) is 9.59 Å². The van der Waals surface area contributed by atoms with Crippen LogP contribution in [0.3, 0.4) is 0 Å². The van der Waals surface area contributed by atoms with Crippen molar-refractivity contribution in [1.82, 2.24) is 4.90 Å². The molecular formula is C23H25NO4. The van der Waals surface area contributed by atoms with Gasteiger partial charge < -0.3 is 14.4 Å². The van der Waals surface area contributed by atoms with Crippen molar-refractivity contribution in [3.05, 3.63) is 46.7 Å². The fourth-order valence-corrected chi connectivity index (χ4v) is 5.11. The van der Waals surface area contributed by atoms with Crippen LogP contribution in [0.5, 0.6) is 11.5 Å². The van der Waals surface area contributed by atoms with Gasteiger partial charge in [0, 0.05) is 24.2 Å². The Kier molecular flexibility index (Phi) is 4.07. The number of unbranched alkanes of at least 4 members (excludes halogenated alkanes) is 2. The van der Waals surface area contributed by atoms with Crippen molar-refractivity contribution in [2.75, 3.05) is 13.3 Å². The Balaban J connectivity index is 1.66. The monoisotopic (exact) mass is 379 g/mol. The standard InChI is InChI=1S/C23H25NO4/c1-2-3-6-11-24-18-8-5-4-7-16(18)23(22(24)26)10-9-19(25)15-12-20-21(13-17(15)23)28-14-27-20/h7-8,12-13H,2-6,9-11,14H2,1H3. The summed E-state index contributed by atoms with van der Waals surface area (Å²) in [4.78, 5) is 28.6. The van der Waals surface area contributed by atoms with Crippen LogP contribution in [0.2, 0.25) is 0 Å². The van der Waals surface area contributed by atoms with Crippen LogP contribution in [0.1, 0.15) is 67.8 Å². The van der Waals surface area contributed by atoms with Crippen LogP contribution >= 0.6 is 0 Å². The molecule has 0 aromatic heterocycles. The number of carbonyl (C=O) groups excluding carboxylic acids is 2. The molecule has 0 N–H and O–H groups in total. The van der Waals surface area contributed by atoms with Crippen LogP contribution in [-0.2, 0) is 10.2 Å². The first-order valence-electron chi connectivity index (χ1n) is 10.4. The normalized spacial score (nSPS) is 25.0. The Morgan fingerprint density at radius 1 is 1.07 bits per heavy atom. The number of amides is 1. The summed E-state index contributed by atoms with van der Waals surface area (Å²) in [6, 6.07) is 3.66. The molecule has 1 spiro atoms. The number of allylic oxidation sites excluding steroid dienone is 3. The van der Waals surface area contributed by atoms with E-state index < -0.39 is 5.41 Å². The summed E-state index contributed by atoms with van der Waals surface area (Å²) < 4.78 is 11.1. The highest BCUT2D eigenvalue weighted by molar-refractivity contribution is 6.08. The first-order chi connectivity index (χ1) is 13.7. The third kappa shape index (κ3) is 2.31. The molecule has 5 rings (SSSR count). The lowest BCUT2D eigenvalue weighted by Gasteiger charge is -2.34. The SMILES string of the molecule is CCCCCN1C(=O)C2(CCC(=O)c3cc4c(cc32)OCO4)C2=CCCC=C21. The van der Waals surface area contributed by atoms with Crippen LogP contribution < -0.4 is 9.47 Å². The van der Waals surface area contributed by atoms with Gasteiger partial charge in [-0.15, -0.1) is 0 Å². The van der Waals surface area contributed by atoms with Gasteiger partial charge in [0.1, 0.15) is 5.41 Å². The van der Waals surface area contributed by atoms with Crippen molar-refractivity contribution in [2.45, 2.75) is 57.3 Å². The molecule has 5 heteroatoms. The molecular weight excluding hydrogens is 354 g/mol. The minimum atomic E-state index is -0.761. The number of benzene rings is 1. The van der Waals surface area contributed by atoms with Crippen molar-refractivity contribution in [3.8, 4) is 11.5 Å². The maximum absolute atomic E-state index is 13.9. The molecule has 1 saturated heterocycles. The van der Waals surface area contributed by atoms with Crippen molar-refractivity contribution in [3.63, 3.8) is 0 Å². The molecule has 5 nitrogen and oxygen atoms in total. The van der Waals surface area contributed by atoms with Gasteiger partial charge in [-0.2, -0.15) is 0 Å². The molecule has 1 unspecified atom stereocenters. The Labute approximate surface area is 165 Å². The van der Waals surface area contributed by atoms with Crippen LogP contribution in [0, 0.1) is 0 Å². The quantitative estimate of drug-likeness (QED) is 0.733. The molecule has 0 saturated carbocycles. The third-order valence-corrected chi connectivity index (χ3v) is 6.47. The Bertz CT molecular complexity index is 929. The number of ketones is 1. The largest absolute Gasteiger partial charge is 0.454 e. The van der Waals surface area contributed by atoms with Gasteiger partial charge in [-0.25, -0.2) is 0 Å². The summed E-state index contributed by atoms with van der Waals surface area (Å²) in [5.74, 6) is 1.43. The van der Waals surface area contributed by atoms with E-state index in [1.807, 2.05) is 11.0 Å². The second-order valence-corrected chi connectivity index (χ2v) is 8.03. The zero-order valence-electron chi connectivity index (χ0n) is 16.3. The Hall–Kier alpha value is -2.56. The van der Waals surface area contributed by atoms with Gasteiger partial charge in [0.2, 0.25) is 12.7 Å². The summed E-state index contributed by atoms with van der Waals surface area (Å²) >= 11 is 0. The zero-order valence-corrected chi connectivity index (χ0v) is 16.3. The maximum atomic E-state index is 13.9. The number of hydrogen-bond donors (Lipinski definition) is 0. The first kappa shape index (κ1) is 17.5. The van der Waals surface area contributed by atoms with Crippen molar-refractivity contribution in [1.29, 1.82) is 0 Å². The molecule has 0 radical (unpaired) electrons. The fraction of sp³-hybridized carbons (Fsp3) is 0.478. The lowest BCUT2D eigenvalue weighted by molar-refractivity contribution is -0.131. The molecule has 1 fully saturated rings. The van der Waals surface area contributed by atoms with Gasteiger partial charge >= 0.3 is 0 Å². The molecule has 2 heterocycles. The molecule has 1 aromatic rings. The van der Waals surface area contributed by atoms with E-state index >= 15 is 0 Å². The second-order valence-electron chi connectivity index (χ2n) is 8.03. The topological polar surface area (TPSA) is 55.8 Å². The van der Waals surface area contributed by atoms with E-state index in [1.165, 1.54) is 0 Å². The molecule has 2 aliphatic heterocycles. The minimum Gasteiger partial charge on any atom is -0.454 e. The lowest BCUT2D eigenvalue weighted by atomic mass is 9.65. The molecule has 4 aliphatic rings. The van der Waals surface area contributed by atoms with Crippen molar-refractivity contribution in [2.24, 2.45) is 0 Å². The molecule has 146 valence electrons. The predicted molar refractivity (Wildman–Crippen MR) is 104 cm³/mol. The molecule has 28 heavy (non-hydrogen) atoms.